The zero-order chi connectivity index (χ0) is 31.4. The number of rotatable bonds is 5. The Balaban J connectivity index is 1.36. The summed E-state index contributed by atoms with van der Waals surface area (Å²) in [4.78, 5) is 20.2. The van der Waals surface area contributed by atoms with Gasteiger partial charge in [0.1, 0.15) is 12.2 Å². The van der Waals surface area contributed by atoms with Crippen LogP contribution in [0, 0.1) is 12.8 Å². The number of likely N-dealkylation sites (N-methyl/N-ethyl adjacent to an activating group) is 1. The molecule has 0 amide bonds. The standard InChI is InChI=1S/C37H37N3O5/c1-19(2)44-36(43)26-14-24-13-23(22-7-6-11-38-17-22)18-40(24)33(21(26)4)20(3)25-16-31(42)34-32-27(25)15-29-28-8-9-30(41)35(45-34)37(28,32)10-12-39(29)5/h6-9,11,13-14,16-19,28-30,35,41-42H,3,10,12,15H2,1-2,4-5H3/t28-,29+,30-,35-,37-/m0/s1. The third kappa shape index (κ3) is 3.85. The van der Waals surface area contributed by atoms with Gasteiger partial charge in [-0.1, -0.05) is 24.8 Å². The number of carbonyl (C=O) groups is 1. The number of piperidine rings is 1. The zero-order valence-electron chi connectivity index (χ0n) is 25.9. The maximum Gasteiger partial charge on any atom is 0.338 e. The van der Waals surface area contributed by atoms with E-state index in [4.69, 9.17) is 9.47 Å². The van der Waals surface area contributed by atoms with E-state index in [1.807, 2.05) is 57.3 Å². The Kier molecular flexibility index (Phi) is 6.12. The summed E-state index contributed by atoms with van der Waals surface area (Å²) >= 11 is 0. The third-order valence-electron chi connectivity index (χ3n) is 10.6. The summed E-state index contributed by atoms with van der Waals surface area (Å²) in [6.45, 7) is 11.2. The molecule has 1 saturated heterocycles. The largest absolute Gasteiger partial charge is 0.504 e. The van der Waals surface area contributed by atoms with Crippen molar-refractivity contribution < 1.29 is 24.5 Å². The minimum Gasteiger partial charge on any atom is -0.504 e. The lowest BCUT2D eigenvalue weighted by molar-refractivity contribution is -0.0453. The van der Waals surface area contributed by atoms with Crippen LogP contribution in [0.15, 0.2) is 67.7 Å². The van der Waals surface area contributed by atoms with Crippen LogP contribution in [0.1, 0.15) is 58.6 Å². The summed E-state index contributed by atoms with van der Waals surface area (Å²) in [7, 11) is 2.17. The monoisotopic (exact) mass is 603 g/mol. The lowest BCUT2D eigenvalue weighted by atomic mass is 9.53. The van der Waals surface area contributed by atoms with E-state index < -0.39 is 23.6 Å². The Bertz CT molecular complexity index is 1940. The molecule has 5 atom stereocenters. The fourth-order valence-electron chi connectivity index (χ4n) is 8.62. The van der Waals surface area contributed by atoms with E-state index in [-0.39, 0.29) is 23.8 Å². The minimum absolute atomic E-state index is 0.0461. The Morgan fingerprint density at radius 1 is 1.20 bits per heavy atom. The van der Waals surface area contributed by atoms with Crippen LogP contribution in [0.25, 0.3) is 22.2 Å². The molecule has 4 aliphatic rings. The number of phenolic OH excluding ortho intramolecular Hbond substituents is 1. The van der Waals surface area contributed by atoms with Gasteiger partial charge in [0.15, 0.2) is 11.5 Å². The Morgan fingerprint density at radius 2 is 2.02 bits per heavy atom. The summed E-state index contributed by atoms with van der Waals surface area (Å²) < 4.78 is 14.2. The molecule has 8 rings (SSSR count). The molecule has 45 heavy (non-hydrogen) atoms. The smallest absolute Gasteiger partial charge is 0.338 e. The molecule has 2 bridgehead atoms. The number of pyridine rings is 2. The van der Waals surface area contributed by atoms with E-state index in [1.54, 1.807) is 12.3 Å². The van der Waals surface area contributed by atoms with Gasteiger partial charge in [0, 0.05) is 58.2 Å². The minimum atomic E-state index is -0.758. The van der Waals surface area contributed by atoms with Crippen LogP contribution in [0.5, 0.6) is 11.5 Å². The van der Waals surface area contributed by atoms with Gasteiger partial charge in [-0.2, -0.15) is 0 Å². The van der Waals surface area contributed by atoms with E-state index in [1.165, 1.54) is 0 Å². The first-order valence-electron chi connectivity index (χ1n) is 15.7. The van der Waals surface area contributed by atoms with Gasteiger partial charge in [-0.15, -0.1) is 0 Å². The van der Waals surface area contributed by atoms with Gasteiger partial charge >= 0.3 is 5.97 Å². The first kappa shape index (κ1) is 28.1. The predicted molar refractivity (Wildman–Crippen MR) is 172 cm³/mol. The van der Waals surface area contributed by atoms with Crippen molar-refractivity contribution in [3.63, 3.8) is 0 Å². The van der Waals surface area contributed by atoms with Crippen molar-refractivity contribution in [2.24, 2.45) is 5.92 Å². The molecule has 0 saturated carbocycles. The number of likely N-dealkylation sites (tertiary alicyclic amines) is 1. The lowest BCUT2D eigenvalue weighted by Crippen LogP contribution is -2.64. The molecule has 2 aliphatic carbocycles. The summed E-state index contributed by atoms with van der Waals surface area (Å²) in [5.41, 5.74) is 7.92. The first-order valence-corrected chi connectivity index (χ1v) is 15.7. The Morgan fingerprint density at radius 3 is 2.78 bits per heavy atom. The molecule has 8 nitrogen and oxygen atoms in total. The molecule has 3 aromatic heterocycles. The quantitative estimate of drug-likeness (QED) is 0.231. The molecule has 2 N–H and O–H groups in total. The number of benzene rings is 1. The van der Waals surface area contributed by atoms with Crippen molar-refractivity contribution in [2.45, 2.75) is 63.4 Å². The average molecular weight is 604 g/mol. The summed E-state index contributed by atoms with van der Waals surface area (Å²) in [6, 6.07) is 9.79. The number of esters is 1. The van der Waals surface area contributed by atoms with Crippen LogP contribution >= 0.6 is 0 Å². The molecular formula is C37H37N3O5. The second kappa shape index (κ2) is 9.80. The fourth-order valence-corrected chi connectivity index (χ4v) is 8.62. The summed E-state index contributed by atoms with van der Waals surface area (Å²) in [6.07, 6.45) is 9.72. The number of nitrogens with zero attached hydrogens (tertiary/aromatic N) is 3. The molecule has 1 spiro atoms. The van der Waals surface area contributed by atoms with Crippen LogP contribution in [-0.2, 0) is 16.6 Å². The predicted octanol–water partition coefficient (Wildman–Crippen LogP) is 5.45. The number of fused-ring (bicyclic) bond motifs is 1. The third-order valence-corrected chi connectivity index (χ3v) is 10.6. The van der Waals surface area contributed by atoms with Gasteiger partial charge in [-0.25, -0.2) is 4.79 Å². The molecule has 8 heteroatoms. The number of hydrogen-bond donors (Lipinski definition) is 2. The van der Waals surface area contributed by atoms with Crippen molar-refractivity contribution in [3.05, 3.63) is 101 Å². The number of aromatic hydroxyl groups is 1. The highest BCUT2D eigenvalue weighted by molar-refractivity contribution is 5.96. The van der Waals surface area contributed by atoms with Crippen molar-refractivity contribution in [1.82, 2.24) is 14.3 Å². The van der Waals surface area contributed by atoms with Crippen molar-refractivity contribution in [1.29, 1.82) is 0 Å². The number of aromatic nitrogens is 2. The molecule has 0 unspecified atom stereocenters. The number of aliphatic hydroxyl groups excluding tert-OH is 1. The van der Waals surface area contributed by atoms with Crippen LogP contribution < -0.4 is 4.74 Å². The molecule has 1 aromatic carbocycles. The van der Waals surface area contributed by atoms with E-state index in [2.05, 4.69) is 40.2 Å². The maximum absolute atomic E-state index is 13.4. The molecular weight excluding hydrogens is 566 g/mol. The van der Waals surface area contributed by atoms with E-state index in [0.29, 0.717) is 16.9 Å². The molecule has 230 valence electrons. The van der Waals surface area contributed by atoms with Crippen LogP contribution in [-0.4, -0.2) is 68.4 Å². The number of phenols is 1. The topological polar surface area (TPSA) is 96.5 Å². The average Bonchev–Trinajstić information content (AvgIpc) is 3.60. The zero-order valence-corrected chi connectivity index (χ0v) is 25.9. The van der Waals surface area contributed by atoms with Crippen LogP contribution in [0.4, 0.5) is 0 Å². The second-order valence-corrected chi connectivity index (χ2v) is 13.3. The van der Waals surface area contributed by atoms with E-state index in [9.17, 15) is 15.0 Å². The van der Waals surface area contributed by atoms with Crippen molar-refractivity contribution in [2.75, 3.05) is 13.6 Å². The van der Waals surface area contributed by atoms with Gasteiger partial charge in [-0.3, -0.25) is 4.98 Å². The highest BCUT2D eigenvalue weighted by Gasteiger charge is 2.64. The van der Waals surface area contributed by atoms with Crippen molar-refractivity contribution in [3.8, 4) is 22.6 Å². The maximum atomic E-state index is 13.4. The molecule has 5 heterocycles. The first-order chi connectivity index (χ1) is 21.6. The SMILES string of the molecule is C=C(c1cc(O)c2c3c1C[C@@H]1[C@@H]4C=C[C@H](O)[C@H](O2)[C@]34CCN1C)c1c(C)c(C(=O)OC(C)C)cc2cc(-c3cccnc3)cn12. The molecule has 2 aliphatic heterocycles. The molecule has 1 fully saturated rings. The van der Waals surface area contributed by atoms with Gasteiger partial charge in [0.2, 0.25) is 0 Å². The highest BCUT2D eigenvalue weighted by Crippen LogP contribution is 2.63. The van der Waals surface area contributed by atoms with Crippen LogP contribution in [0.2, 0.25) is 0 Å². The number of carbonyl (C=O) groups excluding carboxylic acids is 1. The van der Waals surface area contributed by atoms with Crippen molar-refractivity contribution >= 4 is 17.1 Å². The Labute approximate surface area is 262 Å². The number of hydrogen-bond acceptors (Lipinski definition) is 7. The second-order valence-electron chi connectivity index (χ2n) is 13.3. The molecule has 0 radical (unpaired) electrons. The van der Waals surface area contributed by atoms with Gasteiger partial charge in [0.05, 0.1) is 17.4 Å². The van der Waals surface area contributed by atoms with Gasteiger partial charge in [0.25, 0.3) is 0 Å². The lowest BCUT2D eigenvalue weighted by Gasteiger charge is -2.56. The van der Waals surface area contributed by atoms with E-state index in [0.717, 1.165) is 64.0 Å². The number of aliphatic hydroxyl groups is 1. The van der Waals surface area contributed by atoms with E-state index >= 15 is 0 Å². The summed E-state index contributed by atoms with van der Waals surface area (Å²) in [5, 5.41) is 22.7. The number of ether oxygens (including phenoxy) is 2. The van der Waals surface area contributed by atoms with Gasteiger partial charge < -0.3 is 29.0 Å². The Hall–Kier alpha value is -4.40. The normalized spacial score (nSPS) is 26.2. The highest BCUT2D eigenvalue weighted by atomic mass is 16.5. The fraction of sp³-hybridized carbons (Fsp3) is 0.351. The molecule has 4 aromatic rings. The summed E-state index contributed by atoms with van der Waals surface area (Å²) in [5.74, 6) is 0.303. The van der Waals surface area contributed by atoms with Gasteiger partial charge in [-0.05, 0) is 93.7 Å². The van der Waals surface area contributed by atoms with Crippen LogP contribution in [0.3, 0.4) is 0 Å².